The third kappa shape index (κ3) is 2.84. The lowest BCUT2D eigenvalue weighted by atomic mass is 9.98. The molecule has 1 saturated carbocycles. The summed E-state index contributed by atoms with van der Waals surface area (Å²) >= 11 is 0. The maximum Gasteiger partial charge on any atom is 0.227 e. The minimum absolute atomic E-state index is 0.355. The van der Waals surface area contributed by atoms with E-state index >= 15 is 0 Å². The fourth-order valence-electron chi connectivity index (χ4n) is 2.41. The lowest BCUT2D eigenvalue weighted by Crippen LogP contribution is -2.34. The molecule has 1 fully saturated rings. The first-order valence-electron chi connectivity index (χ1n) is 6.25. The lowest BCUT2D eigenvalue weighted by Gasteiger charge is -2.17. The van der Waals surface area contributed by atoms with E-state index in [2.05, 4.69) is 17.1 Å². The van der Waals surface area contributed by atoms with E-state index in [0.29, 0.717) is 24.2 Å². The van der Waals surface area contributed by atoms with E-state index in [1.54, 1.807) is 7.11 Å². The average molecular weight is 239 g/mol. The molecular formula is C12H21N3O2. The van der Waals surface area contributed by atoms with Gasteiger partial charge in [0.25, 0.3) is 0 Å². The number of nitrogens with zero attached hydrogens (tertiary/aromatic N) is 2. The number of methoxy groups -OCH3 is 1. The van der Waals surface area contributed by atoms with Gasteiger partial charge in [-0.1, -0.05) is 24.9 Å². The van der Waals surface area contributed by atoms with Crippen LogP contribution in [0.4, 0.5) is 0 Å². The molecule has 1 unspecified atom stereocenters. The molecule has 0 spiro atoms. The molecule has 1 atom stereocenters. The van der Waals surface area contributed by atoms with Gasteiger partial charge < -0.3 is 15.0 Å². The van der Waals surface area contributed by atoms with Crippen LogP contribution in [0.2, 0.25) is 0 Å². The Morgan fingerprint density at radius 1 is 1.47 bits per heavy atom. The van der Waals surface area contributed by atoms with E-state index in [9.17, 15) is 0 Å². The van der Waals surface area contributed by atoms with Crippen LogP contribution in [0.3, 0.4) is 0 Å². The third-order valence-electron chi connectivity index (χ3n) is 3.38. The van der Waals surface area contributed by atoms with Crippen molar-refractivity contribution in [2.75, 3.05) is 13.7 Å². The Morgan fingerprint density at radius 3 is 2.82 bits per heavy atom. The van der Waals surface area contributed by atoms with Gasteiger partial charge >= 0.3 is 0 Å². The van der Waals surface area contributed by atoms with E-state index in [1.807, 2.05) is 0 Å². The van der Waals surface area contributed by atoms with Crippen LogP contribution in [-0.2, 0) is 16.7 Å². The molecule has 1 aliphatic carbocycles. The fourth-order valence-corrected chi connectivity index (χ4v) is 2.41. The normalized spacial score (nSPS) is 20.6. The monoisotopic (exact) mass is 239 g/mol. The number of rotatable bonds is 5. The average Bonchev–Trinajstić information content (AvgIpc) is 2.88. The second-order valence-electron chi connectivity index (χ2n) is 5.14. The molecule has 0 saturated heterocycles. The van der Waals surface area contributed by atoms with Crippen LogP contribution in [0.15, 0.2) is 4.52 Å². The third-order valence-corrected chi connectivity index (χ3v) is 3.38. The Labute approximate surface area is 102 Å². The van der Waals surface area contributed by atoms with Gasteiger partial charge in [0.1, 0.15) is 0 Å². The number of hydrogen-bond acceptors (Lipinski definition) is 5. The molecule has 0 aliphatic heterocycles. The number of ether oxygens (including phenoxy) is 1. The zero-order valence-corrected chi connectivity index (χ0v) is 10.6. The van der Waals surface area contributed by atoms with Crippen molar-refractivity contribution in [3.8, 4) is 0 Å². The van der Waals surface area contributed by atoms with E-state index in [4.69, 9.17) is 15.0 Å². The quantitative estimate of drug-likeness (QED) is 0.845. The van der Waals surface area contributed by atoms with Crippen molar-refractivity contribution >= 4 is 0 Å². The summed E-state index contributed by atoms with van der Waals surface area (Å²) in [4.78, 5) is 4.43. The molecule has 96 valence electrons. The van der Waals surface area contributed by atoms with Gasteiger partial charge in [0.2, 0.25) is 5.89 Å². The van der Waals surface area contributed by atoms with Gasteiger partial charge in [-0.15, -0.1) is 0 Å². The molecule has 1 heterocycles. The highest BCUT2D eigenvalue weighted by Crippen LogP contribution is 2.34. The molecule has 0 aromatic carbocycles. The first-order valence-corrected chi connectivity index (χ1v) is 6.25. The van der Waals surface area contributed by atoms with Crippen LogP contribution >= 0.6 is 0 Å². The second-order valence-corrected chi connectivity index (χ2v) is 5.14. The molecule has 1 aromatic heterocycles. The van der Waals surface area contributed by atoms with Crippen molar-refractivity contribution in [2.24, 2.45) is 11.7 Å². The molecule has 2 rings (SSSR count). The van der Waals surface area contributed by atoms with Crippen LogP contribution in [0.25, 0.3) is 0 Å². The SMILES string of the molecule is COCC(C)Cc1nc(C2(N)CCCC2)no1. The Bertz CT molecular complexity index is 358. The largest absolute Gasteiger partial charge is 0.384 e. The van der Waals surface area contributed by atoms with Gasteiger partial charge in [-0.2, -0.15) is 4.98 Å². The summed E-state index contributed by atoms with van der Waals surface area (Å²) in [5.41, 5.74) is 5.92. The predicted octanol–water partition coefficient (Wildman–Crippen LogP) is 1.62. The smallest absolute Gasteiger partial charge is 0.227 e. The van der Waals surface area contributed by atoms with Gasteiger partial charge in [-0.3, -0.25) is 0 Å². The molecule has 1 aliphatic rings. The Kier molecular flexibility index (Phi) is 3.79. The van der Waals surface area contributed by atoms with Crippen molar-refractivity contribution in [1.82, 2.24) is 10.1 Å². The van der Waals surface area contributed by atoms with Crippen LogP contribution < -0.4 is 5.73 Å². The predicted molar refractivity (Wildman–Crippen MR) is 63.4 cm³/mol. The van der Waals surface area contributed by atoms with E-state index in [0.717, 1.165) is 32.1 Å². The van der Waals surface area contributed by atoms with Crippen LogP contribution in [0, 0.1) is 5.92 Å². The fraction of sp³-hybridized carbons (Fsp3) is 0.833. The second kappa shape index (κ2) is 5.14. The number of hydrogen-bond donors (Lipinski definition) is 1. The summed E-state index contributed by atoms with van der Waals surface area (Å²) in [5, 5.41) is 4.03. The molecule has 0 radical (unpaired) electrons. The minimum atomic E-state index is -0.355. The van der Waals surface area contributed by atoms with E-state index in [1.165, 1.54) is 0 Å². The maximum atomic E-state index is 6.27. The molecule has 5 heteroatoms. The van der Waals surface area contributed by atoms with Crippen molar-refractivity contribution in [3.63, 3.8) is 0 Å². The van der Waals surface area contributed by atoms with Gasteiger partial charge in [0.05, 0.1) is 5.54 Å². The zero-order chi connectivity index (χ0) is 12.3. The molecular weight excluding hydrogens is 218 g/mol. The van der Waals surface area contributed by atoms with Crippen LogP contribution in [-0.4, -0.2) is 23.9 Å². The Balaban J connectivity index is 2.00. The minimum Gasteiger partial charge on any atom is -0.384 e. The van der Waals surface area contributed by atoms with Crippen molar-refractivity contribution in [1.29, 1.82) is 0 Å². The van der Waals surface area contributed by atoms with Crippen molar-refractivity contribution in [2.45, 2.75) is 44.6 Å². The summed E-state index contributed by atoms with van der Waals surface area (Å²) < 4.78 is 10.4. The summed E-state index contributed by atoms with van der Waals surface area (Å²) in [6, 6.07) is 0. The van der Waals surface area contributed by atoms with Gasteiger partial charge in [-0.05, 0) is 18.8 Å². The highest BCUT2D eigenvalue weighted by Gasteiger charge is 2.35. The number of nitrogens with two attached hydrogens (primary N) is 1. The summed E-state index contributed by atoms with van der Waals surface area (Å²) in [7, 11) is 1.70. The van der Waals surface area contributed by atoms with Crippen molar-refractivity contribution < 1.29 is 9.26 Å². The van der Waals surface area contributed by atoms with Gasteiger partial charge in [-0.25, -0.2) is 0 Å². The van der Waals surface area contributed by atoms with Crippen LogP contribution in [0.1, 0.15) is 44.3 Å². The molecule has 17 heavy (non-hydrogen) atoms. The highest BCUT2D eigenvalue weighted by atomic mass is 16.5. The standard InChI is InChI=1S/C12H21N3O2/c1-9(8-16-2)7-10-14-11(15-17-10)12(13)5-3-4-6-12/h9H,3-8,13H2,1-2H3. The molecule has 5 nitrogen and oxygen atoms in total. The first-order chi connectivity index (χ1) is 8.14. The first kappa shape index (κ1) is 12.5. The van der Waals surface area contributed by atoms with E-state index < -0.39 is 0 Å². The van der Waals surface area contributed by atoms with Gasteiger partial charge in [0.15, 0.2) is 5.82 Å². The molecule has 0 amide bonds. The molecule has 0 bridgehead atoms. The van der Waals surface area contributed by atoms with E-state index in [-0.39, 0.29) is 5.54 Å². The van der Waals surface area contributed by atoms with Gasteiger partial charge in [0, 0.05) is 20.1 Å². The topological polar surface area (TPSA) is 74.2 Å². The van der Waals surface area contributed by atoms with Crippen molar-refractivity contribution in [3.05, 3.63) is 11.7 Å². The molecule has 1 aromatic rings. The highest BCUT2D eigenvalue weighted by molar-refractivity contribution is 5.06. The summed E-state index contributed by atoms with van der Waals surface area (Å²) in [5.74, 6) is 1.72. The summed E-state index contributed by atoms with van der Waals surface area (Å²) in [6.45, 7) is 2.80. The van der Waals surface area contributed by atoms with Crippen LogP contribution in [0.5, 0.6) is 0 Å². The molecule has 2 N–H and O–H groups in total. The Morgan fingerprint density at radius 2 is 2.18 bits per heavy atom. The maximum absolute atomic E-state index is 6.27. The lowest BCUT2D eigenvalue weighted by molar-refractivity contribution is 0.155. The Hall–Kier alpha value is -0.940. The summed E-state index contributed by atoms with van der Waals surface area (Å²) in [6.07, 6.45) is 4.97. The zero-order valence-electron chi connectivity index (χ0n) is 10.6. The number of aromatic nitrogens is 2.